The minimum atomic E-state index is -0.789. The molecular weight excluding hydrogens is 344 g/mol. The molecule has 9 bridgehead atoms. The van der Waals surface area contributed by atoms with Gasteiger partial charge < -0.3 is 9.84 Å². The summed E-state index contributed by atoms with van der Waals surface area (Å²) in [5.74, 6) is 6.94. The third kappa shape index (κ3) is 0.890. The molecule has 9 aliphatic carbocycles. The van der Waals surface area contributed by atoms with Crippen LogP contribution in [0.25, 0.3) is 0 Å². The van der Waals surface area contributed by atoms with Gasteiger partial charge in [-0.3, -0.25) is 4.79 Å². The monoisotopic (exact) mass is 372 g/mol. The van der Waals surface area contributed by atoms with Crippen LogP contribution in [0.15, 0.2) is 0 Å². The summed E-state index contributed by atoms with van der Waals surface area (Å²) < 4.78 is 5.55. The molecule has 9 aliphatic rings. The Labute approximate surface area is 159 Å². The number of methoxy groups -OCH3 is 1. The number of hydrogen-bond acceptors (Lipinski definition) is 4. The standard InChI is InChI=1S/C22H28O3S/c1-25-19(23)20-15-8-4-3-5-9(8)17-13(15)14-16(20)10-6-7-11-12(10)18(14)21(17,26-2)22(11,20)24/h8-18,24H,3-7H2,1-2H3/t8-,9+,10-,11-,12-,13-,14-,15-,16+,17-,18+,20-,21+,22-/m1/s1. The zero-order valence-corrected chi connectivity index (χ0v) is 16.4. The fourth-order valence-corrected chi connectivity index (χ4v) is 14.6. The third-order valence-electron chi connectivity index (χ3n) is 12.0. The number of carbonyl (C=O) groups is 1. The van der Waals surface area contributed by atoms with Gasteiger partial charge in [0.1, 0.15) is 5.41 Å². The molecule has 0 aromatic carbocycles. The topological polar surface area (TPSA) is 46.5 Å². The van der Waals surface area contributed by atoms with E-state index in [1.165, 1.54) is 25.7 Å². The number of carbonyl (C=O) groups excluding carboxylic acids is 1. The van der Waals surface area contributed by atoms with Crippen LogP contribution in [0.4, 0.5) is 0 Å². The summed E-state index contributed by atoms with van der Waals surface area (Å²) in [6.45, 7) is 0. The summed E-state index contributed by atoms with van der Waals surface area (Å²) >= 11 is 1.99. The first-order valence-corrected chi connectivity index (χ1v) is 12.2. The van der Waals surface area contributed by atoms with Crippen LogP contribution in [-0.4, -0.2) is 34.8 Å². The van der Waals surface area contributed by atoms with Crippen LogP contribution >= 0.6 is 11.8 Å². The fraction of sp³-hybridized carbons (Fsp3) is 0.955. The van der Waals surface area contributed by atoms with Crippen LogP contribution in [0.2, 0.25) is 0 Å². The summed E-state index contributed by atoms with van der Waals surface area (Å²) in [4.78, 5) is 13.7. The molecular formula is C22H28O3S. The molecule has 4 heteroatoms. The Morgan fingerprint density at radius 2 is 1.65 bits per heavy atom. The molecule has 9 fully saturated rings. The van der Waals surface area contributed by atoms with E-state index in [1.54, 1.807) is 7.11 Å². The van der Waals surface area contributed by atoms with Crippen molar-refractivity contribution in [1.82, 2.24) is 0 Å². The van der Waals surface area contributed by atoms with Gasteiger partial charge >= 0.3 is 5.97 Å². The van der Waals surface area contributed by atoms with E-state index in [9.17, 15) is 9.90 Å². The Bertz CT molecular complexity index is 783. The Morgan fingerprint density at radius 1 is 0.962 bits per heavy atom. The van der Waals surface area contributed by atoms with Gasteiger partial charge in [0, 0.05) is 0 Å². The SMILES string of the molecule is COC(=O)[C@]12[C@@H]3[C@@H]4CCC[C@@H]4[C@@H]4[C@@H]3[C@H]3[C@@H]5[C@@H]6[C@@H](CC[C@H]6[C@]1(O)[C@@]54SC)[C@@H]32. The van der Waals surface area contributed by atoms with E-state index in [-0.39, 0.29) is 10.7 Å². The molecule has 0 aromatic heterocycles. The van der Waals surface area contributed by atoms with Gasteiger partial charge in [-0.25, -0.2) is 0 Å². The lowest BCUT2D eigenvalue weighted by atomic mass is 9.46. The van der Waals surface area contributed by atoms with E-state index in [1.807, 2.05) is 11.8 Å². The van der Waals surface area contributed by atoms with Gasteiger partial charge in [-0.1, -0.05) is 6.42 Å². The highest BCUT2D eigenvalue weighted by molar-refractivity contribution is 8.00. The van der Waals surface area contributed by atoms with Crippen LogP contribution < -0.4 is 0 Å². The quantitative estimate of drug-likeness (QED) is 0.757. The molecule has 0 aliphatic heterocycles. The average molecular weight is 373 g/mol. The van der Waals surface area contributed by atoms with Crippen molar-refractivity contribution < 1.29 is 14.6 Å². The van der Waals surface area contributed by atoms with Gasteiger partial charge in [0.25, 0.3) is 0 Å². The first-order valence-electron chi connectivity index (χ1n) is 11.0. The molecule has 0 aromatic rings. The highest BCUT2D eigenvalue weighted by Crippen LogP contribution is 2.98. The van der Waals surface area contributed by atoms with E-state index in [4.69, 9.17) is 4.74 Å². The largest absolute Gasteiger partial charge is 0.468 e. The summed E-state index contributed by atoms with van der Waals surface area (Å²) in [7, 11) is 1.59. The molecule has 14 atom stereocenters. The van der Waals surface area contributed by atoms with Crippen LogP contribution in [-0.2, 0) is 9.53 Å². The minimum Gasteiger partial charge on any atom is -0.468 e. The van der Waals surface area contributed by atoms with Gasteiger partial charge in [0.2, 0.25) is 0 Å². The highest BCUT2D eigenvalue weighted by Gasteiger charge is 3.02. The maximum absolute atomic E-state index is 13.7. The summed E-state index contributed by atoms with van der Waals surface area (Å²) in [5.41, 5.74) is -1.35. The van der Waals surface area contributed by atoms with Gasteiger partial charge in [-0.15, -0.1) is 0 Å². The van der Waals surface area contributed by atoms with Gasteiger partial charge in [0.05, 0.1) is 17.5 Å². The maximum Gasteiger partial charge on any atom is 0.315 e. The van der Waals surface area contributed by atoms with Crippen LogP contribution in [0.1, 0.15) is 32.1 Å². The molecule has 0 heterocycles. The highest BCUT2D eigenvalue weighted by atomic mass is 32.2. The smallest absolute Gasteiger partial charge is 0.315 e. The summed E-state index contributed by atoms with van der Waals surface area (Å²) in [5, 5.41) is 12.8. The van der Waals surface area contributed by atoms with Crippen molar-refractivity contribution in [2.24, 2.45) is 70.5 Å². The van der Waals surface area contributed by atoms with Crippen LogP contribution in [0.3, 0.4) is 0 Å². The molecule has 0 radical (unpaired) electrons. The van der Waals surface area contributed by atoms with Crippen molar-refractivity contribution in [3.8, 4) is 0 Å². The van der Waals surface area contributed by atoms with E-state index in [0.29, 0.717) is 47.3 Å². The Hall–Kier alpha value is -0.220. The van der Waals surface area contributed by atoms with Crippen LogP contribution in [0.5, 0.6) is 0 Å². The molecule has 0 spiro atoms. The number of thioether (sulfide) groups is 1. The van der Waals surface area contributed by atoms with Crippen molar-refractivity contribution in [2.45, 2.75) is 42.5 Å². The average Bonchev–Trinajstić information content (AvgIpc) is 3.40. The lowest BCUT2D eigenvalue weighted by molar-refractivity contribution is -0.230. The first-order chi connectivity index (χ1) is 12.6. The van der Waals surface area contributed by atoms with Crippen molar-refractivity contribution in [1.29, 1.82) is 0 Å². The van der Waals surface area contributed by atoms with E-state index in [2.05, 4.69) is 6.26 Å². The zero-order valence-electron chi connectivity index (χ0n) is 15.6. The lowest BCUT2D eigenvalue weighted by Crippen LogP contribution is -2.75. The van der Waals surface area contributed by atoms with E-state index in [0.717, 1.165) is 24.2 Å². The molecule has 0 unspecified atom stereocenters. The van der Waals surface area contributed by atoms with Gasteiger partial charge in [0.15, 0.2) is 0 Å². The first kappa shape index (κ1) is 14.7. The van der Waals surface area contributed by atoms with E-state index >= 15 is 0 Å². The zero-order chi connectivity index (χ0) is 17.4. The van der Waals surface area contributed by atoms with Crippen molar-refractivity contribution in [2.75, 3.05) is 13.4 Å². The number of aliphatic hydroxyl groups is 1. The second kappa shape index (κ2) is 3.79. The van der Waals surface area contributed by atoms with Crippen molar-refractivity contribution in [3.05, 3.63) is 0 Å². The number of ether oxygens (including phenoxy) is 1. The van der Waals surface area contributed by atoms with Crippen LogP contribution in [0, 0.1) is 70.5 Å². The molecule has 140 valence electrons. The Morgan fingerprint density at radius 3 is 2.38 bits per heavy atom. The third-order valence-corrected chi connectivity index (χ3v) is 13.5. The number of hydrogen-bond donors (Lipinski definition) is 1. The molecule has 0 saturated heterocycles. The Kier molecular flexibility index (Phi) is 2.15. The molecule has 9 saturated carbocycles. The van der Waals surface area contributed by atoms with Crippen molar-refractivity contribution >= 4 is 17.7 Å². The molecule has 9 rings (SSSR count). The van der Waals surface area contributed by atoms with E-state index < -0.39 is 11.0 Å². The second-order valence-electron chi connectivity index (χ2n) is 11.1. The fourth-order valence-electron chi connectivity index (χ4n) is 12.8. The maximum atomic E-state index is 13.7. The molecule has 26 heavy (non-hydrogen) atoms. The van der Waals surface area contributed by atoms with Gasteiger partial charge in [-0.2, -0.15) is 11.8 Å². The Balaban J connectivity index is 1.53. The molecule has 3 nitrogen and oxygen atoms in total. The number of esters is 1. The number of fused-ring (bicyclic) bond motifs is 1. The molecule has 0 amide bonds. The summed E-state index contributed by atoms with van der Waals surface area (Å²) in [6, 6.07) is 0. The molecule has 1 N–H and O–H groups in total. The van der Waals surface area contributed by atoms with Gasteiger partial charge in [-0.05, 0) is 97.0 Å². The summed E-state index contributed by atoms with van der Waals surface area (Å²) in [6.07, 6.45) is 8.67. The van der Waals surface area contributed by atoms with Crippen molar-refractivity contribution in [3.63, 3.8) is 0 Å². The predicted molar refractivity (Wildman–Crippen MR) is 97.1 cm³/mol. The lowest BCUT2D eigenvalue weighted by Gasteiger charge is -2.63. The number of rotatable bonds is 2. The minimum absolute atomic E-state index is 0.0115. The normalized spacial score (nSPS) is 74.3. The second-order valence-corrected chi connectivity index (χ2v) is 12.1. The predicted octanol–water partition coefficient (Wildman–Crippen LogP) is 2.82.